The van der Waals surface area contributed by atoms with Crippen LogP contribution in [0.5, 0.6) is 0 Å². The van der Waals surface area contributed by atoms with Gasteiger partial charge in [0, 0.05) is 44.6 Å². The predicted octanol–water partition coefficient (Wildman–Crippen LogP) is 3.79. The molecule has 3 atom stereocenters. The van der Waals surface area contributed by atoms with Crippen LogP contribution in [0, 0.1) is 21.3 Å². The molecule has 0 saturated carbocycles. The fourth-order valence-corrected chi connectivity index (χ4v) is 7.37. The Morgan fingerprint density at radius 3 is 2.26 bits per heavy atom. The SMILES string of the molecule is CNC(=O)[C@H](CC(C)C)NC(=O)C(CC(C)C)CP(=O)(O)CN1C(=O)c2cccc3c(N)c(I)cc(c23)C1=O. The number of carbonyl (C=O) groups is 4. The smallest absolute Gasteiger partial charge is 0.261 e. The lowest BCUT2D eigenvalue weighted by atomic mass is 9.93. The summed E-state index contributed by atoms with van der Waals surface area (Å²) in [6.45, 7) is 7.62. The number of amides is 4. The van der Waals surface area contributed by atoms with Crippen molar-refractivity contribution >= 4 is 70.0 Å². The topological polar surface area (TPSA) is 159 Å². The van der Waals surface area contributed by atoms with Gasteiger partial charge in [-0.05, 0) is 59.4 Å². The Morgan fingerprint density at radius 2 is 1.67 bits per heavy atom. The van der Waals surface area contributed by atoms with E-state index in [0.717, 1.165) is 4.90 Å². The first kappa shape index (κ1) is 31.0. The van der Waals surface area contributed by atoms with E-state index in [1.54, 1.807) is 24.3 Å². The van der Waals surface area contributed by atoms with Gasteiger partial charge in [0.25, 0.3) is 11.8 Å². The van der Waals surface area contributed by atoms with Crippen LogP contribution in [0.1, 0.15) is 61.3 Å². The Hall–Kier alpha value is -2.50. The van der Waals surface area contributed by atoms with Crippen LogP contribution in [-0.2, 0) is 14.2 Å². The van der Waals surface area contributed by atoms with E-state index in [4.69, 9.17) is 5.73 Å². The molecule has 0 aliphatic carbocycles. The molecule has 0 spiro atoms. The molecule has 10 nitrogen and oxygen atoms in total. The van der Waals surface area contributed by atoms with Crippen molar-refractivity contribution in [3.05, 3.63) is 39.0 Å². The molecule has 4 amide bonds. The van der Waals surface area contributed by atoms with Crippen molar-refractivity contribution in [3.63, 3.8) is 0 Å². The largest absolute Gasteiger partial charge is 0.397 e. The Kier molecular flexibility index (Phi) is 9.82. The molecule has 0 saturated heterocycles. The molecule has 1 aliphatic heterocycles. The van der Waals surface area contributed by atoms with Crippen LogP contribution < -0.4 is 16.4 Å². The number of halogens is 1. The van der Waals surface area contributed by atoms with Crippen molar-refractivity contribution < 1.29 is 28.6 Å². The van der Waals surface area contributed by atoms with Crippen LogP contribution in [-0.4, -0.2) is 59.0 Å². The van der Waals surface area contributed by atoms with Gasteiger partial charge in [0.15, 0.2) is 0 Å². The molecular weight excluding hydrogens is 634 g/mol. The zero-order chi connectivity index (χ0) is 29.2. The molecule has 0 bridgehead atoms. The monoisotopic (exact) mass is 670 g/mol. The van der Waals surface area contributed by atoms with E-state index >= 15 is 0 Å². The van der Waals surface area contributed by atoms with E-state index in [2.05, 4.69) is 10.6 Å². The molecule has 2 aromatic carbocycles. The van der Waals surface area contributed by atoms with Crippen LogP contribution in [0.4, 0.5) is 5.69 Å². The summed E-state index contributed by atoms with van der Waals surface area (Å²) in [6.07, 6.45) is -0.470. The van der Waals surface area contributed by atoms with Gasteiger partial charge in [-0.15, -0.1) is 0 Å². The molecular formula is C27H36IN4O6P. The number of benzene rings is 2. The van der Waals surface area contributed by atoms with Gasteiger partial charge in [0.05, 0.1) is 5.69 Å². The van der Waals surface area contributed by atoms with Gasteiger partial charge in [-0.3, -0.25) is 28.6 Å². The summed E-state index contributed by atoms with van der Waals surface area (Å²) in [5, 5.41) is 6.29. The first-order chi connectivity index (χ1) is 18.2. The first-order valence-electron chi connectivity index (χ1n) is 12.9. The summed E-state index contributed by atoms with van der Waals surface area (Å²) in [7, 11) is -2.73. The molecule has 12 heteroatoms. The van der Waals surface area contributed by atoms with Gasteiger partial charge in [-0.2, -0.15) is 0 Å². The minimum atomic E-state index is -4.22. The Balaban J connectivity index is 1.87. The van der Waals surface area contributed by atoms with Gasteiger partial charge in [-0.1, -0.05) is 39.8 Å². The number of likely N-dealkylation sites (N-methyl/N-ethyl adjacent to an activating group) is 1. The second-order valence-corrected chi connectivity index (χ2v) is 14.4. The second-order valence-electron chi connectivity index (χ2n) is 10.9. The highest BCUT2D eigenvalue weighted by Crippen LogP contribution is 2.46. The van der Waals surface area contributed by atoms with Crippen molar-refractivity contribution in [2.45, 2.75) is 46.6 Å². The molecule has 0 radical (unpaired) electrons. The molecule has 0 aromatic heterocycles. The zero-order valence-electron chi connectivity index (χ0n) is 22.8. The average Bonchev–Trinajstić information content (AvgIpc) is 2.85. The number of nitrogens with zero attached hydrogens (tertiary/aromatic N) is 1. The average molecular weight is 670 g/mol. The molecule has 1 aliphatic rings. The summed E-state index contributed by atoms with van der Waals surface area (Å²) in [6, 6.07) is 5.74. The molecule has 3 rings (SSSR count). The van der Waals surface area contributed by atoms with Gasteiger partial charge < -0.3 is 21.3 Å². The van der Waals surface area contributed by atoms with Gasteiger partial charge >= 0.3 is 0 Å². The lowest BCUT2D eigenvalue weighted by Crippen LogP contribution is -2.49. The van der Waals surface area contributed by atoms with Gasteiger partial charge in [0.1, 0.15) is 12.3 Å². The minimum Gasteiger partial charge on any atom is -0.397 e. The van der Waals surface area contributed by atoms with Crippen LogP contribution in [0.2, 0.25) is 0 Å². The number of carbonyl (C=O) groups excluding carboxylic acids is 4. The third-order valence-corrected chi connectivity index (χ3v) is 9.31. The molecule has 212 valence electrons. The number of hydrogen-bond donors (Lipinski definition) is 4. The summed E-state index contributed by atoms with van der Waals surface area (Å²) in [5.74, 6) is -2.98. The van der Waals surface area contributed by atoms with Crippen molar-refractivity contribution in [1.82, 2.24) is 15.5 Å². The van der Waals surface area contributed by atoms with Crippen LogP contribution >= 0.6 is 30.0 Å². The Bertz CT molecular complexity index is 1360. The number of rotatable bonds is 11. The fraction of sp³-hybridized carbons (Fsp3) is 0.481. The standard InChI is InChI=1S/C27H36IN4O6P/c1-14(2)9-16(24(33)31-21(10-15(3)4)25(34)30-5)12-39(37,38)13-32-26(35)18-8-6-7-17-22(18)19(27(32)36)11-20(28)23(17)29/h6-8,11,14-16,21H,9-10,12-13,29H2,1-5H3,(H,30,34)(H,31,33)(H,37,38)/t16?,21-/m0/s1. The highest BCUT2D eigenvalue weighted by molar-refractivity contribution is 14.1. The van der Waals surface area contributed by atoms with Crippen molar-refractivity contribution in [2.75, 3.05) is 25.2 Å². The number of anilines is 1. The van der Waals surface area contributed by atoms with E-state index in [-0.39, 0.29) is 28.9 Å². The number of imide groups is 1. The predicted molar refractivity (Wildman–Crippen MR) is 160 cm³/mol. The third-order valence-electron chi connectivity index (χ3n) is 6.68. The van der Waals surface area contributed by atoms with Crippen molar-refractivity contribution in [1.29, 1.82) is 0 Å². The lowest BCUT2D eigenvalue weighted by Gasteiger charge is -2.30. The number of nitrogens with one attached hydrogen (secondary N) is 2. The summed E-state index contributed by atoms with van der Waals surface area (Å²) in [4.78, 5) is 64.2. The summed E-state index contributed by atoms with van der Waals surface area (Å²) < 4.78 is 14.2. The Labute approximate surface area is 242 Å². The van der Waals surface area contributed by atoms with E-state index < -0.39 is 49.5 Å². The number of hydrogen-bond acceptors (Lipinski definition) is 6. The fourth-order valence-electron chi connectivity index (χ4n) is 4.95. The van der Waals surface area contributed by atoms with E-state index in [1.807, 2.05) is 50.3 Å². The molecule has 1 heterocycles. The lowest BCUT2D eigenvalue weighted by molar-refractivity contribution is -0.131. The molecule has 2 aromatic rings. The summed E-state index contributed by atoms with van der Waals surface area (Å²) in [5.41, 5.74) is 7.09. The van der Waals surface area contributed by atoms with Crippen LogP contribution in [0.25, 0.3) is 10.8 Å². The number of nitrogens with two attached hydrogens (primary N) is 1. The van der Waals surface area contributed by atoms with E-state index in [0.29, 0.717) is 32.9 Å². The maximum absolute atomic E-state index is 13.5. The van der Waals surface area contributed by atoms with Crippen LogP contribution in [0.3, 0.4) is 0 Å². The van der Waals surface area contributed by atoms with E-state index in [9.17, 15) is 28.6 Å². The molecule has 39 heavy (non-hydrogen) atoms. The van der Waals surface area contributed by atoms with Crippen molar-refractivity contribution in [2.24, 2.45) is 17.8 Å². The molecule has 0 fully saturated rings. The second kappa shape index (κ2) is 12.3. The first-order valence-corrected chi connectivity index (χ1v) is 16.0. The normalized spacial score (nSPS) is 16.4. The van der Waals surface area contributed by atoms with E-state index in [1.165, 1.54) is 7.05 Å². The molecule has 5 N–H and O–H groups in total. The highest BCUT2D eigenvalue weighted by Gasteiger charge is 2.40. The molecule has 2 unspecified atom stereocenters. The van der Waals surface area contributed by atoms with Gasteiger partial charge in [-0.25, -0.2) is 0 Å². The Morgan fingerprint density at radius 1 is 1.05 bits per heavy atom. The maximum atomic E-state index is 13.5. The summed E-state index contributed by atoms with van der Waals surface area (Å²) >= 11 is 2.01. The minimum absolute atomic E-state index is 0.0135. The third kappa shape index (κ3) is 6.99. The van der Waals surface area contributed by atoms with Crippen molar-refractivity contribution in [3.8, 4) is 0 Å². The quantitative estimate of drug-likeness (QED) is 0.123. The van der Waals surface area contributed by atoms with Crippen LogP contribution in [0.15, 0.2) is 24.3 Å². The zero-order valence-corrected chi connectivity index (χ0v) is 25.8. The number of nitrogen functional groups attached to an aromatic ring is 1. The maximum Gasteiger partial charge on any atom is 0.261 e. The van der Waals surface area contributed by atoms with Gasteiger partial charge in [0.2, 0.25) is 19.2 Å². The highest BCUT2D eigenvalue weighted by atomic mass is 127.